The fourth-order valence-electron chi connectivity index (χ4n) is 2.63. The van der Waals surface area contributed by atoms with Crippen LogP contribution in [0.1, 0.15) is 0 Å². The van der Waals surface area contributed by atoms with Crippen LogP contribution in [-0.2, 0) is 0 Å². The Morgan fingerprint density at radius 1 is 0.818 bits per heavy atom. The maximum Gasteiger partial charge on any atom is 0.338 e. The Kier molecular flexibility index (Phi) is 3.12. The van der Waals surface area contributed by atoms with E-state index in [1.807, 2.05) is 53.2 Å². The lowest BCUT2D eigenvalue weighted by molar-refractivity contribution is -0.659. The lowest BCUT2D eigenvalue weighted by Crippen LogP contribution is -2.39. The average Bonchev–Trinajstić information content (AvgIpc) is 2.96. The molecule has 3 aromatic carbocycles. The first-order chi connectivity index (χ1) is 10.8. The highest BCUT2D eigenvalue weighted by atomic mass is 32.1. The number of benzene rings is 3. The van der Waals surface area contributed by atoms with Crippen molar-refractivity contribution < 1.29 is 4.68 Å². The summed E-state index contributed by atoms with van der Waals surface area (Å²) >= 11 is 4.38. The third-order valence-electron chi connectivity index (χ3n) is 3.63. The van der Waals surface area contributed by atoms with E-state index in [2.05, 4.69) is 47.4 Å². The normalized spacial score (nSPS) is 11.0. The van der Waals surface area contributed by atoms with Gasteiger partial charge in [0.05, 0.1) is 5.56 Å². The van der Waals surface area contributed by atoms with Gasteiger partial charge < -0.3 is 0 Å². The molecule has 106 valence electrons. The molecule has 0 amide bonds. The third-order valence-corrected chi connectivity index (χ3v) is 3.89. The minimum Gasteiger partial charge on any atom is -0.110 e. The maximum absolute atomic E-state index is 4.38. The van der Waals surface area contributed by atoms with Gasteiger partial charge in [-0.2, -0.15) is 0 Å². The van der Waals surface area contributed by atoms with Crippen LogP contribution in [0.5, 0.6) is 0 Å². The number of tetrazole rings is 1. The molecule has 0 spiro atoms. The minimum absolute atomic E-state index is 0.762. The Hall–Kier alpha value is -2.66. The molecule has 4 aromatic rings. The van der Waals surface area contributed by atoms with Crippen LogP contribution in [0.25, 0.3) is 27.8 Å². The smallest absolute Gasteiger partial charge is 0.110 e. The molecule has 0 N–H and O–H groups in total. The van der Waals surface area contributed by atoms with E-state index >= 15 is 0 Å². The summed E-state index contributed by atoms with van der Waals surface area (Å²) in [6, 6.07) is 24.4. The van der Waals surface area contributed by atoms with Crippen LogP contribution in [0.4, 0.5) is 0 Å². The second-order valence-corrected chi connectivity index (χ2v) is 5.31. The SMILES string of the molecule is Sn1nnc(-c2cccc3ccccc23)[n+]1-c1ccccc1. The number of thiol groups is 1. The summed E-state index contributed by atoms with van der Waals surface area (Å²) in [5.74, 6) is 0.762. The molecule has 0 fully saturated rings. The first kappa shape index (κ1) is 13.0. The van der Waals surface area contributed by atoms with Gasteiger partial charge in [-0.25, -0.2) is 0 Å². The molecule has 0 radical (unpaired) electrons. The summed E-state index contributed by atoms with van der Waals surface area (Å²) in [6.07, 6.45) is 0. The topological polar surface area (TPSA) is 34.6 Å². The molecule has 0 saturated carbocycles. The number of para-hydroxylation sites is 1. The fraction of sp³-hybridized carbons (Fsp3) is 0. The van der Waals surface area contributed by atoms with Gasteiger partial charge in [0.25, 0.3) is 0 Å². The van der Waals surface area contributed by atoms with Crippen molar-refractivity contribution in [3.8, 4) is 17.1 Å². The van der Waals surface area contributed by atoms with Gasteiger partial charge in [0.2, 0.25) is 0 Å². The van der Waals surface area contributed by atoms with E-state index in [4.69, 9.17) is 0 Å². The molecule has 0 aliphatic rings. The van der Waals surface area contributed by atoms with Gasteiger partial charge in [-0.3, -0.25) is 0 Å². The third kappa shape index (κ3) is 2.07. The van der Waals surface area contributed by atoms with Crippen LogP contribution in [0.3, 0.4) is 0 Å². The lowest BCUT2D eigenvalue weighted by Gasteiger charge is -2.04. The second-order valence-electron chi connectivity index (χ2n) is 4.96. The fourth-order valence-corrected chi connectivity index (χ4v) is 2.86. The lowest BCUT2D eigenvalue weighted by atomic mass is 10.0. The van der Waals surface area contributed by atoms with Crippen molar-refractivity contribution in [2.24, 2.45) is 0 Å². The summed E-state index contributed by atoms with van der Waals surface area (Å²) in [5.41, 5.74) is 1.99. The molecule has 0 saturated heterocycles. The monoisotopic (exact) mass is 305 g/mol. The summed E-state index contributed by atoms with van der Waals surface area (Å²) in [7, 11) is 0. The van der Waals surface area contributed by atoms with E-state index in [9.17, 15) is 0 Å². The van der Waals surface area contributed by atoms with Crippen molar-refractivity contribution in [1.82, 2.24) is 14.5 Å². The number of aromatic nitrogens is 4. The van der Waals surface area contributed by atoms with Crippen molar-refractivity contribution in [3.05, 3.63) is 72.8 Å². The summed E-state index contributed by atoms with van der Waals surface area (Å²) in [4.78, 5) is 0. The van der Waals surface area contributed by atoms with Crippen LogP contribution in [-0.4, -0.2) is 14.5 Å². The van der Waals surface area contributed by atoms with Crippen LogP contribution < -0.4 is 4.68 Å². The Morgan fingerprint density at radius 2 is 1.55 bits per heavy atom. The molecule has 1 aromatic heterocycles. The van der Waals surface area contributed by atoms with Gasteiger partial charge in [-0.05, 0) is 29.0 Å². The maximum atomic E-state index is 4.38. The highest BCUT2D eigenvalue weighted by molar-refractivity contribution is 7.78. The number of fused-ring (bicyclic) bond motifs is 1. The average molecular weight is 305 g/mol. The predicted molar refractivity (Wildman–Crippen MR) is 88.9 cm³/mol. The molecular weight excluding hydrogens is 292 g/mol. The van der Waals surface area contributed by atoms with E-state index in [0.717, 1.165) is 22.5 Å². The van der Waals surface area contributed by atoms with E-state index < -0.39 is 0 Å². The molecule has 4 rings (SSSR count). The number of hydrogen-bond donors (Lipinski definition) is 1. The van der Waals surface area contributed by atoms with E-state index in [0.29, 0.717) is 0 Å². The zero-order chi connectivity index (χ0) is 14.9. The Balaban J connectivity index is 2.01. The van der Waals surface area contributed by atoms with Crippen molar-refractivity contribution in [2.45, 2.75) is 0 Å². The molecule has 1 heterocycles. The van der Waals surface area contributed by atoms with Gasteiger partial charge in [-0.15, -0.1) is 4.68 Å². The minimum atomic E-state index is 0.762. The highest BCUT2D eigenvalue weighted by Gasteiger charge is 2.23. The van der Waals surface area contributed by atoms with Gasteiger partial charge in [0.15, 0.2) is 5.21 Å². The van der Waals surface area contributed by atoms with Crippen LogP contribution in [0.15, 0.2) is 72.8 Å². The molecular formula is C17H13N4S+. The van der Waals surface area contributed by atoms with Crippen LogP contribution >= 0.6 is 12.8 Å². The summed E-state index contributed by atoms with van der Waals surface area (Å²) in [5, 5.41) is 10.7. The van der Waals surface area contributed by atoms with Crippen molar-refractivity contribution in [1.29, 1.82) is 0 Å². The van der Waals surface area contributed by atoms with Crippen molar-refractivity contribution >= 4 is 23.6 Å². The van der Waals surface area contributed by atoms with Crippen molar-refractivity contribution in [2.75, 3.05) is 0 Å². The molecule has 0 bridgehead atoms. The van der Waals surface area contributed by atoms with Crippen LogP contribution in [0, 0.1) is 0 Å². The van der Waals surface area contributed by atoms with E-state index in [1.54, 1.807) is 0 Å². The Morgan fingerprint density at radius 3 is 2.41 bits per heavy atom. The molecule has 0 atom stereocenters. The van der Waals surface area contributed by atoms with Gasteiger partial charge >= 0.3 is 5.82 Å². The second kappa shape index (κ2) is 5.27. The van der Waals surface area contributed by atoms with Crippen molar-refractivity contribution in [3.63, 3.8) is 0 Å². The van der Waals surface area contributed by atoms with E-state index in [1.165, 1.54) is 9.59 Å². The number of nitrogens with zero attached hydrogens (tertiary/aromatic N) is 4. The zero-order valence-electron chi connectivity index (χ0n) is 11.7. The van der Waals surface area contributed by atoms with Gasteiger partial charge in [0.1, 0.15) is 10.8 Å². The standard InChI is InChI=1S/C17H13N4S/c22-21-19-18-17(20(21)14-9-2-1-3-10-14)16-12-6-8-13-7-4-5-11-15(13)16/h1-12H,(H,19,22)/q+1. The molecule has 4 nitrogen and oxygen atoms in total. The first-order valence-electron chi connectivity index (χ1n) is 6.95. The van der Waals surface area contributed by atoms with Crippen LogP contribution in [0.2, 0.25) is 0 Å². The van der Waals surface area contributed by atoms with E-state index in [-0.39, 0.29) is 0 Å². The quantitative estimate of drug-likeness (QED) is 0.456. The number of hydrogen-bond acceptors (Lipinski definition) is 3. The largest absolute Gasteiger partial charge is 0.338 e. The van der Waals surface area contributed by atoms with Gasteiger partial charge in [0, 0.05) is 17.0 Å². The first-order valence-corrected chi connectivity index (χ1v) is 7.35. The summed E-state index contributed by atoms with van der Waals surface area (Å²) in [6.45, 7) is 0. The molecule has 0 aliphatic carbocycles. The predicted octanol–water partition coefficient (Wildman–Crippen LogP) is 3.07. The molecule has 0 unspecified atom stereocenters. The molecule has 0 aliphatic heterocycles. The summed E-state index contributed by atoms with van der Waals surface area (Å²) < 4.78 is 3.33. The zero-order valence-corrected chi connectivity index (χ0v) is 12.6. The molecule has 22 heavy (non-hydrogen) atoms. The number of rotatable bonds is 2. The Bertz CT molecular complexity index is 942. The molecule has 5 heteroatoms. The highest BCUT2D eigenvalue weighted by Crippen LogP contribution is 2.25. The Labute approximate surface area is 133 Å². The van der Waals surface area contributed by atoms with Gasteiger partial charge in [-0.1, -0.05) is 54.6 Å².